The zero-order valence-corrected chi connectivity index (χ0v) is 15.2. The van der Waals surface area contributed by atoms with E-state index in [2.05, 4.69) is 10.3 Å². The average molecular weight is 380 g/mol. The van der Waals surface area contributed by atoms with Crippen molar-refractivity contribution in [1.29, 1.82) is 0 Å². The highest BCUT2D eigenvalue weighted by Gasteiger charge is 2.48. The van der Waals surface area contributed by atoms with Crippen LogP contribution in [0.25, 0.3) is 4.96 Å². The third kappa shape index (κ3) is 2.33. The van der Waals surface area contributed by atoms with Gasteiger partial charge in [0.2, 0.25) is 5.91 Å². The van der Waals surface area contributed by atoms with Crippen molar-refractivity contribution in [3.63, 3.8) is 0 Å². The first-order valence-corrected chi connectivity index (χ1v) is 9.64. The van der Waals surface area contributed by atoms with E-state index in [1.165, 1.54) is 17.4 Å². The number of amides is 2. The summed E-state index contributed by atoms with van der Waals surface area (Å²) in [6, 6.07) is 9.03. The summed E-state index contributed by atoms with van der Waals surface area (Å²) in [7, 11) is 0. The number of benzene rings is 1. The van der Waals surface area contributed by atoms with E-state index in [0.717, 1.165) is 11.3 Å². The van der Waals surface area contributed by atoms with E-state index in [9.17, 15) is 14.4 Å². The number of thiazole rings is 1. The van der Waals surface area contributed by atoms with E-state index < -0.39 is 11.0 Å². The molecule has 0 atom stereocenters. The Bertz CT molecular complexity index is 1140. The molecule has 27 heavy (non-hydrogen) atoms. The third-order valence-corrected chi connectivity index (χ3v) is 6.32. The summed E-state index contributed by atoms with van der Waals surface area (Å²) in [5.74, 6) is -0.194. The predicted molar refractivity (Wildman–Crippen MR) is 101 cm³/mol. The molecule has 2 aliphatic rings. The molecule has 1 spiro atoms. The van der Waals surface area contributed by atoms with E-state index >= 15 is 0 Å². The molecule has 1 fully saturated rings. The van der Waals surface area contributed by atoms with Crippen LogP contribution in [0.3, 0.4) is 0 Å². The molecule has 2 amide bonds. The number of carbonyl (C=O) groups is 2. The largest absolute Gasteiger partial charge is 0.337 e. The van der Waals surface area contributed by atoms with Gasteiger partial charge in [-0.05, 0) is 24.5 Å². The molecule has 0 bridgehead atoms. The van der Waals surface area contributed by atoms with Gasteiger partial charge >= 0.3 is 0 Å². The van der Waals surface area contributed by atoms with Gasteiger partial charge in [-0.15, -0.1) is 11.3 Å². The number of para-hydroxylation sites is 1. The number of hydrogen-bond donors (Lipinski definition) is 1. The fourth-order valence-corrected chi connectivity index (χ4v) is 4.86. The molecule has 0 radical (unpaired) electrons. The zero-order valence-electron chi connectivity index (χ0n) is 14.3. The normalized spacial score (nSPS) is 17.9. The molecule has 5 rings (SSSR count). The van der Waals surface area contributed by atoms with E-state index in [4.69, 9.17) is 0 Å². The van der Waals surface area contributed by atoms with Crippen LogP contribution in [0.4, 0.5) is 5.69 Å². The summed E-state index contributed by atoms with van der Waals surface area (Å²) in [6.07, 6.45) is 2.87. The third-order valence-electron chi connectivity index (χ3n) is 5.56. The second-order valence-corrected chi connectivity index (χ2v) is 7.78. The molecule has 0 saturated carbocycles. The standard InChI is InChI=1S/C19H16N4O3S/c24-15-11-14(23-9-10-27-18(23)21-15)16(25)22-7-5-19(6-8-22)12-3-1-2-4-13(12)20-17(19)26/h1-4,9-11H,5-8H2,(H,20,26). The molecule has 3 aromatic rings. The second kappa shape index (κ2) is 5.75. The number of aromatic nitrogens is 2. The minimum atomic E-state index is -0.569. The van der Waals surface area contributed by atoms with Crippen LogP contribution in [0.2, 0.25) is 0 Å². The van der Waals surface area contributed by atoms with Gasteiger partial charge in [0.15, 0.2) is 4.96 Å². The molecule has 0 aliphatic carbocycles. The Labute approximate surface area is 158 Å². The highest BCUT2D eigenvalue weighted by Crippen LogP contribution is 2.44. The van der Waals surface area contributed by atoms with Gasteiger partial charge < -0.3 is 10.2 Å². The Hall–Kier alpha value is -3.00. The zero-order chi connectivity index (χ0) is 18.6. The topological polar surface area (TPSA) is 83.8 Å². The van der Waals surface area contributed by atoms with Crippen molar-refractivity contribution < 1.29 is 9.59 Å². The minimum absolute atomic E-state index is 0.0103. The number of anilines is 1. The van der Waals surface area contributed by atoms with E-state index in [-0.39, 0.29) is 11.8 Å². The lowest BCUT2D eigenvalue weighted by Crippen LogP contribution is -2.48. The lowest BCUT2D eigenvalue weighted by molar-refractivity contribution is -0.122. The van der Waals surface area contributed by atoms with Crippen LogP contribution in [0.1, 0.15) is 28.9 Å². The van der Waals surface area contributed by atoms with Gasteiger partial charge in [0.05, 0.1) is 5.41 Å². The Morgan fingerprint density at radius 2 is 1.96 bits per heavy atom. The molecule has 2 aromatic heterocycles. The van der Waals surface area contributed by atoms with Gasteiger partial charge in [-0.2, -0.15) is 4.98 Å². The van der Waals surface area contributed by atoms with Crippen LogP contribution >= 0.6 is 11.3 Å². The first-order chi connectivity index (χ1) is 13.1. The van der Waals surface area contributed by atoms with Crippen LogP contribution in [0.5, 0.6) is 0 Å². The quantitative estimate of drug-likeness (QED) is 0.699. The van der Waals surface area contributed by atoms with Gasteiger partial charge in [-0.3, -0.25) is 18.8 Å². The van der Waals surface area contributed by atoms with E-state index in [1.807, 2.05) is 24.3 Å². The number of rotatable bonds is 1. The Kier molecular flexibility index (Phi) is 3.45. The Morgan fingerprint density at radius 3 is 2.78 bits per heavy atom. The molecular formula is C19H16N4O3S. The molecule has 7 nitrogen and oxygen atoms in total. The van der Waals surface area contributed by atoms with Gasteiger partial charge in [0.25, 0.3) is 11.5 Å². The molecule has 2 aliphatic heterocycles. The van der Waals surface area contributed by atoms with Gasteiger partial charge in [-0.25, -0.2) is 0 Å². The van der Waals surface area contributed by atoms with Gasteiger partial charge in [0.1, 0.15) is 5.69 Å². The highest BCUT2D eigenvalue weighted by molar-refractivity contribution is 7.15. The average Bonchev–Trinajstić information content (AvgIpc) is 3.25. The maximum Gasteiger partial charge on any atom is 0.274 e. The molecule has 1 N–H and O–H groups in total. The number of likely N-dealkylation sites (tertiary alicyclic amines) is 1. The number of carbonyl (C=O) groups excluding carboxylic acids is 2. The van der Waals surface area contributed by atoms with Crippen molar-refractivity contribution in [2.45, 2.75) is 18.3 Å². The maximum atomic E-state index is 13.0. The van der Waals surface area contributed by atoms with Crippen LogP contribution in [-0.2, 0) is 10.2 Å². The molecule has 136 valence electrons. The van der Waals surface area contributed by atoms with Crippen molar-refractivity contribution in [1.82, 2.24) is 14.3 Å². The van der Waals surface area contributed by atoms with E-state index in [1.54, 1.807) is 20.9 Å². The van der Waals surface area contributed by atoms with Crippen molar-refractivity contribution in [3.8, 4) is 0 Å². The second-order valence-electron chi connectivity index (χ2n) is 6.91. The van der Waals surface area contributed by atoms with Crippen molar-refractivity contribution >= 4 is 33.8 Å². The smallest absolute Gasteiger partial charge is 0.274 e. The van der Waals surface area contributed by atoms with Crippen molar-refractivity contribution in [3.05, 3.63) is 63.5 Å². The summed E-state index contributed by atoms with van der Waals surface area (Å²) in [5.41, 5.74) is 1.21. The molecule has 1 aromatic carbocycles. The van der Waals surface area contributed by atoms with Gasteiger partial charge in [-0.1, -0.05) is 18.2 Å². The number of hydrogen-bond acceptors (Lipinski definition) is 5. The van der Waals surface area contributed by atoms with E-state index in [0.29, 0.717) is 36.6 Å². The highest BCUT2D eigenvalue weighted by atomic mass is 32.1. The molecule has 1 saturated heterocycles. The first kappa shape index (κ1) is 16.2. The van der Waals surface area contributed by atoms with Crippen LogP contribution in [-0.4, -0.2) is 39.2 Å². The fraction of sp³-hybridized carbons (Fsp3) is 0.263. The predicted octanol–water partition coefficient (Wildman–Crippen LogP) is 1.88. The summed E-state index contributed by atoms with van der Waals surface area (Å²) in [6.45, 7) is 0.923. The summed E-state index contributed by atoms with van der Waals surface area (Å²) < 4.78 is 1.65. The first-order valence-electron chi connectivity index (χ1n) is 8.76. The SMILES string of the molecule is O=C(c1cc(=O)nc2sccn12)N1CCC2(CC1)C(=O)Nc1ccccc12. The summed E-state index contributed by atoms with van der Waals surface area (Å²) >= 11 is 1.32. The van der Waals surface area contributed by atoms with Crippen LogP contribution in [0.15, 0.2) is 46.7 Å². The minimum Gasteiger partial charge on any atom is -0.337 e. The molecule has 0 unspecified atom stereocenters. The monoisotopic (exact) mass is 380 g/mol. The van der Waals surface area contributed by atoms with Crippen molar-refractivity contribution in [2.75, 3.05) is 18.4 Å². The Balaban J connectivity index is 1.44. The fourth-order valence-electron chi connectivity index (χ4n) is 4.14. The molecule has 8 heteroatoms. The van der Waals surface area contributed by atoms with Crippen molar-refractivity contribution in [2.24, 2.45) is 0 Å². The van der Waals surface area contributed by atoms with Crippen LogP contribution < -0.4 is 10.9 Å². The van der Waals surface area contributed by atoms with Crippen LogP contribution in [0, 0.1) is 0 Å². The maximum absolute atomic E-state index is 13.0. The lowest BCUT2D eigenvalue weighted by atomic mass is 9.73. The Morgan fingerprint density at radius 1 is 1.19 bits per heavy atom. The van der Waals surface area contributed by atoms with Gasteiger partial charge in [0, 0.05) is 36.4 Å². The number of nitrogens with zero attached hydrogens (tertiary/aromatic N) is 3. The number of fused-ring (bicyclic) bond motifs is 3. The summed E-state index contributed by atoms with van der Waals surface area (Å²) in [4.78, 5) is 43.7. The molecular weight excluding hydrogens is 364 g/mol. The summed E-state index contributed by atoms with van der Waals surface area (Å²) in [5, 5.41) is 4.76. The number of nitrogens with one attached hydrogen (secondary N) is 1. The lowest BCUT2D eigenvalue weighted by Gasteiger charge is -2.38. The number of piperidine rings is 1. The molecule has 4 heterocycles.